The van der Waals surface area contributed by atoms with Crippen molar-refractivity contribution in [2.24, 2.45) is 0 Å². The molecule has 0 radical (unpaired) electrons. The molecule has 0 bridgehead atoms. The van der Waals surface area contributed by atoms with Gasteiger partial charge in [-0.15, -0.1) is 6.58 Å². The quantitative estimate of drug-likeness (QED) is 0.685. The average molecular weight is 238 g/mol. The summed E-state index contributed by atoms with van der Waals surface area (Å²) in [4.78, 5) is 2.67. The van der Waals surface area contributed by atoms with Crippen LogP contribution in [-0.4, -0.2) is 36.1 Å². The number of piperidine rings is 1. The van der Waals surface area contributed by atoms with Crippen LogP contribution in [0.25, 0.3) is 0 Å². The Balaban J connectivity index is 2.71. The molecular formula is C15H30N2. The van der Waals surface area contributed by atoms with Crippen molar-refractivity contribution in [3.63, 3.8) is 0 Å². The molecule has 0 amide bonds. The van der Waals surface area contributed by atoms with Gasteiger partial charge in [0.2, 0.25) is 0 Å². The van der Waals surface area contributed by atoms with Gasteiger partial charge in [-0.1, -0.05) is 26.3 Å². The molecule has 1 fully saturated rings. The lowest BCUT2D eigenvalue weighted by atomic mass is 9.85. The molecule has 0 aromatic carbocycles. The molecule has 1 heterocycles. The molecule has 0 aromatic heterocycles. The van der Waals surface area contributed by atoms with Crippen LogP contribution >= 0.6 is 0 Å². The third kappa shape index (κ3) is 3.56. The van der Waals surface area contributed by atoms with E-state index in [0.29, 0.717) is 6.04 Å². The third-order valence-electron chi connectivity index (χ3n) is 4.31. The van der Waals surface area contributed by atoms with Crippen LogP contribution in [-0.2, 0) is 0 Å². The number of likely N-dealkylation sites (tertiary alicyclic amines) is 1. The molecule has 17 heavy (non-hydrogen) atoms. The van der Waals surface area contributed by atoms with Crippen molar-refractivity contribution in [3.05, 3.63) is 12.7 Å². The van der Waals surface area contributed by atoms with Crippen LogP contribution in [0.5, 0.6) is 0 Å². The highest BCUT2D eigenvalue weighted by Gasteiger charge is 2.36. The van der Waals surface area contributed by atoms with Gasteiger partial charge in [-0.25, -0.2) is 0 Å². The molecule has 1 rings (SSSR count). The first kappa shape index (κ1) is 14.7. The summed E-state index contributed by atoms with van der Waals surface area (Å²) in [6.07, 6.45) is 8.58. The molecule has 1 aliphatic rings. The van der Waals surface area contributed by atoms with Crippen LogP contribution in [0, 0.1) is 0 Å². The van der Waals surface area contributed by atoms with E-state index < -0.39 is 0 Å². The minimum atomic E-state index is 0.233. The highest BCUT2D eigenvalue weighted by molar-refractivity contribution is 5.05. The van der Waals surface area contributed by atoms with E-state index in [0.717, 1.165) is 6.54 Å². The lowest BCUT2D eigenvalue weighted by Gasteiger charge is -2.47. The van der Waals surface area contributed by atoms with Crippen molar-refractivity contribution in [1.82, 2.24) is 10.2 Å². The Morgan fingerprint density at radius 2 is 1.94 bits per heavy atom. The number of hydrogen-bond acceptors (Lipinski definition) is 2. The molecule has 2 unspecified atom stereocenters. The molecule has 2 nitrogen and oxygen atoms in total. The van der Waals surface area contributed by atoms with E-state index in [1.165, 1.54) is 45.2 Å². The molecule has 0 spiro atoms. The van der Waals surface area contributed by atoms with Crippen molar-refractivity contribution in [2.75, 3.05) is 19.6 Å². The summed E-state index contributed by atoms with van der Waals surface area (Å²) in [5.74, 6) is 0. The Labute approximate surface area is 107 Å². The first-order chi connectivity index (χ1) is 8.19. The number of hydrogen-bond donors (Lipinski definition) is 1. The summed E-state index contributed by atoms with van der Waals surface area (Å²) in [7, 11) is 0. The Bertz CT molecular complexity index is 221. The second kappa shape index (κ2) is 7.17. The second-order valence-electron chi connectivity index (χ2n) is 5.43. The molecule has 2 heteroatoms. The largest absolute Gasteiger partial charge is 0.309 e. The first-order valence-electron chi connectivity index (χ1n) is 7.30. The van der Waals surface area contributed by atoms with Gasteiger partial charge in [0.25, 0.3) is 0 Å². The van der Waals surface area contributed by atoms with Gasteiger partial charge < -0.3 is 5.32 Å². The summed E-state index contributed by atoms with van der Waals surface area (Å²) >= 11 is 0. The van der Waals surface area contributed by atoms with Gasteiger partial charge in [-0.05, 0) is 52.2 Å². The van der Waals surface area contributed by atoms with Crippen LogP contribution in [0.2, 0.25) is 0 Å². The first-order valence-corrected chi connectivity index (χ1v) is 7.30. The highest BCUT2D eigenvalue weighted by atomic mass is 15.2. The molecule has 1 aliphatic heterocycles. The standard InChI is InChI=1S/C15H30N2/c1-5-11-16-14(6-2)15(4,7-3)17-12-9-8-10-13-17/h6,14,16H,2,5,7-13H2,1,3-4H3. The molecular weight excluding hydrogens is 208 g/mol. The maximum atomic E-state index is 4.03. The van der Waals surface area contributed by atoms with Gasteiger partial charge in [0.05, 0.1) is 0 Å². The molecule has 1 saturated heterocycles. The average Bonchev–Trinajstić information content (AvgIpc) is 2.40. The number of rotatable bonds is 7. The highest BCUT2D eigenvalue weighted by Crippen LogP contribution is 2.28. The zero-order valence-electron chi connectivity index (χ0n) is 12.0. The fourth-order valence-corrected chi connectivity index (χ4v) is 2.90. The maximum Gasteiger partial charge on any atom is 0.0431 e. The fraction of sp³-hybridized carbons (Fsp3) is 0.867. The predicted octanol–water partition coefficient (Wildman–Crippen LogP) is 3.20. The van der Waals surface area contributed by atoms with Gasteiger partial charge in [-0.3, -0.25) is 4.90 Å². The Hall–Kier alpha value is -0.340. The normalized spacial score (nSPS) is 23.0. The predicted molar refractivity (Wildman–Crippen MR) is 76.4 cm³/mol. The van der Waals surface area contributed by atoms with E-state index >= 15 is 0 Å². The zero-order chi connectivity index (χ0) is 12.7. The summed E-state index contributed by atoms with van der Waals surface area (Å²) in [6.45, 7) is 14.5. The van der Waals surface area contributed by atoms with E-state index in [1.54, 1.807) is 0 Å². The van der Waals surface area contributed by atoms with E-state index in [1.807, 2.05) is 0 Å². The zero-order valence-corrected chi connectivity index (χ0v) is 12.0. The maximum absolute atomic E-state index is 4.03. The lowest BCUT2D eigenvalue weighted by molar-refractivity contribution is 0.0566. The monoisotopic (exact) mass is 238 g/mol. The van der Waals surface area contributed by atoms with Gasteiger partial charge in [-0.2, -0.15) is 0 Å². The third-order valence-corrected chi connectivity index (χ3v) is 4.31. The smallest absolute Gasteiger partial charge is 0.0431 e. The van der Waals surface area contributed by atoms with E-state index in [-0.39, 0.29) is 5.54 Å². The SMILES string of the molecule is C=CC(NCCC)C(C)(CC)N1CCCCC1. The number of nitrogens with one attached hydrogen (secondary N) is 1. The van der Waals surface area contributed by atoms with E-state index in [4.69, 9.17) is 0 Å². The lowest BCUT2D eigenvalue weighted by Crippen LogP contribution is -2.59. The Morgan fingerprint density at radius 1 is 1.29 bits per heavy atom. The molecule has 2 atom stereocenters. The minimum Gasteiger partial charge on any atom is -0.309 e. The van der Waals surface area contributed by atoms with Crippen LogP contribution in [0.4, 0.5) is 0 Å². The topological polar surface area (TPSA) is 15.3 Å². The van der Waals surface area contributed by atoms with Gasteiger partial charge in [0, 0.05) is 11.6 Å². The summed E-state index contributed by atoms with van der Waals surface area (Å²) in [5, 5.41) is 3.65. The summed E-state index contributed by atoms with van der Waals surface area (Å²) < 4.78 is 0. The molecule has 0 saturated carbocycles. The van der Waals surface area contributed by atoms with Crippen LogP contribution < -0.4 is 5.32 Å². The molecule has 0 aromatic rings. The second-order valence-corrected chi connectivity index (χ2v) is 5.43. The van der Waals surface area contributed by atoms with Gasteiger partial charge >= 0.3 is 0 Å². The molecule has 0 aliphatic carbocycles. The van der Waals surface area contributed by atoms with Crippen molar-refractivity contribution in [2.45, 2.75) is 64.5 Å². The fourth-order valence-electron chi connectivity index (χ4n) is 2.90. The van der Waals surface area contributed by atoms with Crippen molar-refractivity contribution >= 4 is 0 Å². The minimum absolute atomic E-state index is 0.233. The van der Waals surface area contributed by atoms with Crippen molar-refractivity contribution in [3.8, 4) is 0 Å². The van der Waals surface area contributed by atoms with Crippen LogP contribution in [0.15, 0.2) is 12.7 Å². The van der Waals surface area contributed by atoms with Crippen LogP contribution in [0.3, 0.4) is 0 Å². The van der Waals surface area contributed by atoms with Gasteiger partial charge in [0.1, 0.15) is 0 Å². The Morgan fingerprint density at radius 3 is 2.41 bits per heavy atom. The summed E-state index contributed by atoms with van der Waals surface area (Å²) in [6, 6.07) is 0.408. The molecule has 100 valence electrons. The Kier molecular flexibility index (Phi) is 6.21. The van der Waals surface area contributed by atoms with E-state index in [9.17, 15) is 0 Å². The van der Waals surface area contributed by atoms with Gasteiger partial charge in [0.15, 0.2) is 0 Å². The van der Waals surface area contributed by atoms with Crippen molar-refractivity contribution in [1.29, 1.82) is 0 Å². The van der Waals surface area contributed by atoms with Crippen LogP contribution in [0.1, 0.15) is 52.9 Å². The molecule has 1 N–H and O–H groups in total. The van der Waals surface area contributed by atoms with E-state index in [2.05, 4.69) is 43.6 Å². The number of nitrogens with zero attached hydrogens (tertiary/aromatic N) is 1. The van der Waals surface area contributed by atoms with Crippen molar-refractivity contribution < 1.29 is 0 Å². The summed E-state index contributed by atoms with van der Waals surface area (Å²) in [5.41, 5.74) is 0.233.